The number of carbonyl (C=O) groups excluding carboxylic acids is 1. The van der Waals surface area contributed by atoms with Gasteiger partial charge in [0.15, 0.2) is 6.10 Å². The third kappa shape index (κ3) is 5.11. The molecule has 5 nitrogen and oxygen atoms in total. The molecule has 0 heterocycles. The third-order valence-electron chi connectivity index (χ3n) is 2.74. The molecule has 112 valence electrons. The normalized spacial score (nSPS) is 13.7. The van der Waals surface area contributed by atoms with Gasteiger partial charge < -0.3 is 20.5 Å². The summed E-state index contributed by atoms with van der Waals surface area (Å²) in [6.45, 7) is 4.51. The zero-order valence-electron chi connectivity index (χ0n) is 12.0. The Morgan fingerprint density at radius 2 is 2.15 bits per heavy atom. The van der Waals surface area contributed by atoms with Crippen molar-refractivity contribution < 1.29 is 14.3 Å². The number of amides is 1. The highest BCUT2D eigenvalue weighted by molar-refractivity contribution is 9.10. The Labute approximate surface area is 127 Å². The average molecular weight is 345 g/mol. The first kappa shape index (κ1) is 16.9. The predicted molar refractivity (Wildman–Crippen MR) is 81.7 cm³/mol. The Bertz CT molecular complexity index is 452. The second kappa shape index (κ2) is 8.24. The van der Waals surface area contributed by atoms with E-state index in [1.54, 1.807) is 14.0 Å². The van der Waals surface area contributed by atoms with Crippen molar-refractivity contribution in [1.82, 2.24) is 5.32 Å². The van der Waals surface area contributed by atoms with E-state index in [4.69, 9.17) is 15.2 Å². The lowest BCUT2D eigenvalue weighted by atomic mass is 10.1. The molecule has 2 atom stereocenters. The second-order valence-corrected chi connectivity index (χ2v) is 5.43. The van der Waals surface area contributed by atoms with Crippen molar-refractivity contribution in [2.45, 2.75) is 26.0 Å². The highest BCUT2D eigenvalue weighted by Crippen LogP contribution is 2.28. The van der Waals surface area contributed by atoms with E-state index in [2.05, 4.69) is 21.2 Å². The average Bonchev–Trinajstić information content (AvgIpc) is 2.38. The molecule has 3 N–H and O–H groups in total. The Kier molecular flexibility index (Phi) is 6.98. The minimum atomic E-state index is -0.598. The lowest BCUT2D eigenvalue weighted by Crippen LogP contribution is -2.38. The highest BCUT2D eigenvalue weighted by Gasteiger charge is 2.17. The van der Waals surface area contributed by atoms with Gasteiger partial charge in [0, 0.05) is 29.7 Å². The fraction of sp³-hybridized carbons (Fsp3) is 0.500. The first-order valence-corrected chi connectivity index (χ1v) is 7.23. The maximum atomic E-state index is 11.9. The topological polar surface area (TPSA) is 73.6 Å². The van der Waals surface area contributed by atoms with Crippen molar-refractivity contribution in [3.05, 3.63) is 28.2 Å². The van der Waals surface area contributed by atoms with Gasteiger partial charge in [0.05, 0.1) is 6.61 Å². The van der Waals surface area contributed by atoms with E-state index < -0.39 is 6.10 Å². The van der Waals surface area contributed by atoms with Gasteiger partial charge in [-0.2, -0.15) is 0 Å². The van der Waals surface area contributed by atoms with Crippen LogP contribution in [0.4, 0.5) is 0 Å². The van der Waals surface area contributed by atoms with Crippen LogP contribution in [0.15, 0.2) is 22.7 Å². The van der Waals surface area contributed by atoms with Crippen molar-refractivity contribution in [3.63, 3.8) is 0 Å². The lowest BCUT2D eigenvalue weighted by molar-refractivity contribution is -0.127. The van der Waals surface area contributed by atoms with Gasteiger partial charge >= 0.3 is 0 Å². The number of benzene rings is 1. The zero-order valence-corrected chi connectivity index (χ0v) is 13.6. The first-order valence-electron chi connectivity index (χ1n) is 6.44. The minimum absolute atomic E-state index is 0.165. The van der Waals surface area contributed by atoms with Gasteiger partial charge in [0.1, 0.15) is 5.75 Å². The number of methoxy groups -OCH3 is 1. The molecule has 1 rings (SSSR count). The van der Waals surface area contributed by atoms with E-state index >= 15 is 0 Å². The van der Waals surface area contributed by atoms with Crippen molar-refractivity contribution in [3.8, 4) is 5.75 Å². The number of halogens is 1. The summed E-state index contributed by atoms with van der Waals surface area (Å²) < 4.78 is 11.5. The number of rotatable bonds is 7. The van der Waals surface area contributed by atoms with Gasteiger partial charge in [-0.15, -0.1) is 0 Å². The smallest absolute Gasteiger partial charge is 0.260 e. The molecule has 0 saturated heterocycles. The van der Waals surface area contributed by atoms with Crippen LogP contribution in [0.25, 0.3) is 0 Å². The molecule has 1 aromatic carbocycles. The molecule has 6 heteroatoms. The monoisotopic (exact) mass is 344 g/mol. The van der Waals surface area contributed by atoms with Crippen molar-refractivity contribution in [1.29, 1.82) is 0 Å². The van der Waals surface area contributed by atoms with Crippen LogP contribution >= 0.6 is 15.9 Å². The predicted octanol–water partition coefficient (Wildman–Crippen LogP) is 2.00. The summed E-state index contributed by atoms with van der Waals surface area (Å²) in [5.74, 6) is 0.432. The SMILES string of the molecule is COCCNC(=O)C(C)Oc1cc(Br)ccc1[C@@H](C)N. The molecule has 0 fully saturated rings. The summed E-state index contributed by atoms with van der Waals surface area (Å²) in [7, 11) is 1.59. The quantitative estimate of drug-likeness (QED) is 0.742. The maximum absolute atomic E-state index is 11.9. The van der Waals surface area contributed by atoms with Crippen LogP contribution in [0.1, 0.15) is 25.5 Å². The fourth-order valence-electron chi connectivity index (χ4n) is 1.65. The zero-order chi connectivity index (χ0) is 15.1. The third-order valence-corrected chi connectivity index (χ3v) is 3.24. The Morgan fingerprint density at radius 3 is 2.75 bits per heavy atom. The Hall–Kier alpha value is -1.11. The van der Waals surface area contributed by atoms with Crippen molar-refractivity contribution in [2.75, 3.05) is 20.3 Å². The molecule has 0 radical (unpaired) electrons. The molecule has 0 aromatic heterocycles. The number of nitrogens with two attached hydrogens (primary N) is 1. The highest BCUT2D eigenvalue weighted by atomic mass is 79.9. The molecule has 0 aliphatic rings. The summed E-state index contributed by atoms with van der Waals surface area (Å²) in [4.78, 5) is 11.9. The Morgan fingerprint density at radius 1 is 1.45 bits per heavy atom. The van der Waals surface area contributed by atoms with Gasteiger partial charge in [-0.05, 0) is 26.0 Å². The van der Waals surface area contributed by atoms with Crippen LogP contribution in [-0.2, 0) is 9.53 Å². The molecular weight excluding hydrogens is 324 g/mol. The van der Waals surface area contributed by atoms with Crippen LogP contribution in [0.3, 0.4) is 0 Å². The van der Waals surface area contributed by atoms with Gasteiger partial charge in [-0.3, -0.25) is 4.79 Å². The van der Waals surface area contributed by atoms with Gasteiger partial charge in [0.2, 0.25) is 0 Å². The second-order valence-electron chi connectivity index (χ2n) is 4.51. The molecule has 0 aliphatic carbocycles. The number of hydrogen-bond acceptors (Lipinski definition) is 4. The lowest BCUT2D eigenvalue weighted by Gasteiger charge is -2.19. The van der Waals surface area contributed by atoms with Gasteiger partial charge in [-0.25, -0.2) is 0 Å². The molecule has 0 saturated carbocycles. The standard InChI is InChI=1S/C14H21BrN2O3/c1-9(16)12-5-4-11(15)8-13(12)20-10(2)14(18)17-6-7-19-3/h4-5,8-10H,6-7,16H2,1-3H3,(H,17,18)/t9-,10?/m1/s1. The number of ether oxygens (including phenoxy) is 2. The molecule has 1 amide bonds. The minimum Gasteiger partial charge on any atom is -0.481 e. The van der Waals surface area contributed by atoms with E-state index in [-0.39, 0.29) is 11.9 Å². The number of hydrogen-bond donors (Lipinski definition) is 2. The Balaban J connectivity index is 2.71. The number of carbonyl (C=O) groups is 1. The van der Waals surface area contributed by atoms with Crippen LogP contribution in [-0.4, -0.2) is 32.3 Å². The van der Waals surface area contributed by atoms with Crippen LogP contribution in [0.2, 0.25) is 0 Å². The van der Waals surface area contributed by atoms with E-state index in [1.165, 1.54) is 0 Å². The van der Waals surface area contributed by atoms with E-state index in [9.17, 15) is 4.79 Å². The summed E-state index contributed by atoms with van der Waals surface area (Å²) in [6, 6.07) is 5.44. The van der Waals surface area contributed by atoms with E-state index in [1.807, 2.05) is 25.1 Å². The van der Waals surface area contributed by atoms with Crippen LogP contribution in [0.5, 0.6) is 5.75 Å². The largest absolute Gasteiger partial charge is 0.481 e. The van der Waals surface area contributed by atoms with Gasteiger partial charge in [0.25, 0.3) is 5.91 Å². The summed E-state index contributed by atoms with van der Waals surface area (Å²) >= 11 is 3.39. The van der Waals surface area contributed by atoms with E-state index in [0.29, 0.717) is 18.9 Å². The fourth-order valence-corrected chi connectivity index (χ4v) is 1.99. The molecule has 0 aliphatic heterocycles. The van der Waals surface area contributed by atoms with Crippen LogP contribution in [0, 0.1) is 0 Å². The molecular formula is C14H21BrN2O3. The molecule has 1 unspecified atom stereocenters. The molecule has 20 heavy (non-hydrogen) atoms. The van der Waals surface area contributed by atoms with Gasteiger partial charge in [-0.1, -0.05) is 22.0 Å². The van der Waals surface area contributed by atoms with Crippen molar-refractivity contribution >= 4 is 21.8 Å². The van der Waals surface area contributed by atoms with E-state index in [0.717, 1.165) is 10.0 Å². The summed E-state index contributed by atoms with van der Waals surface area (Å²) in [6.07, 6.45) is -0.598. The molecule has 0 spiro atoms. The molecule has 1 aromatic rings. The number of nitrogens with one attached hydrogen (secondary N) is 1. The first-order chi connectivity index (χ1) is 9.45. The molecule has 0 bridgehead atoms. The summed E-state index contributed by atoms with van der Waals surface area (Å²) in [5.41, 5.74) is 6.77. The maximum Gasteiger partial charge on any atom is 0.260 e. The summed E-state index contributed by atoms with van der Waals surface area (Å²) in [5, 5.41) is 2.73. The van der Waals surface area contributed by atoms with Crippen molar-refractivity contribution in [2.24, 2.45) is 5.73 Å². The van der Waals surface area contributed by atoms with Crippen LogP contribution < -0.4 is 15.8 Å².